The first-order valence-corrected chi connectivity index (χ1v) is 9.61. The van der Waals surface area contributed by atoms with E-state index in [4.69, 9.17) is 4.42 Å². The second-order valence-corrected chi connectivity index (χ2v) is 8.39. The third-order valence-electron chi connectivity index (χ3n) is 4.51. The lowest BCUT2D eigenvalue weighted by Gasteiger charge is -2.15. The fourth-order valence-corrected chi connectivity index (χ4v) is 4.68. The number of furan rings is 1. The van der Waals surface area contributed by atoms with Gasteiger partial charge in [-0.1, -0.05) is 22.9 Å². The molecule has 1 aromatic carbocycles. The Morgan fingerprint density at radius 2 is 2.29 bits per heavy atom. The summed E-state index contributed by atoms with van der Waals surface area (Å²) in [6, 6.07) is 5.74. The number of nitrogens with zero attached hydrogens (tertiary/aromatic N) is 1. The van der Waals surface area contributed by atoms with E-state index in [1.165, 1.54) is 11.3 Å². The van der Waals surface area contributed by atoms with Crippen molar-refractivity contribution in [3.05, 3.63) is 44.6 Å². The highest BCUT2D eigenvalue weighted by Crippen LogP contribution is 2.33. The van der Waals surface area contributed by atoms with Crippen molar-refractivity contribution in [2.45, 2.75) is 33.1 Å². The molecule has 0 fully saturated rings. The Labute approximate surface area is 152 Å². The van der Waals surface area contributed by atoms with E-state index >= 15 is 0 Å². The van der Waals surface area contributed by atoms with Gasteiger partial charge >= 0.3 is 0 Å². The largest absolute Gasteiger partial charge is 0.451 e. The first kappa shape index (κ1) is 15.8. The maximum atomic E-state index is 12.6. The normalized spacial score (nSPS) is 17.0. The van der Waals surface area contributed by atoms with Crippen LogP contribution in [0.4, 0.5) is 5.13 Å². The fourth-order valence-electron chi connectivity index (χ4n) is 3.16. The van der Waals surface area contributed by atoms with E-state index in [2.05, 4.69) is 33.2 Å². The molecular formula is C18H17BrN2O2S. The Kier molecular flexibility index (Phi) is 3.96. The number of halogens is 1. The number of fused-ring (bicyclic) bond motifs is 2. The Hall–Kier alpha value is -1.66. The SMILES string of the molecule is Cc1c(C(=O)Nc2nc3c(s2)C[C@@H](C)CC3)oc2ccc(Br)cc12. The molecule has 0 aliphatic heterocycles. The summed E-state index contributed by atoms with van der Waals surface area (Å²) in [5.74, 6) is 0.807. The zero-order chi connectivity index (χ0) is 16.8. The number of benzene rings is 1. The second-order valence-electron chi connectivity index (χ2n) is 6.39. The summed E-state index contributed by atoms with van der Waals surface area (Å²) >= 11 is 5.04. The Morgan fingerprint density at radius 3 is 3.12 bits per heavy atom. The van der Waals surface area contributed by atoms with Crippen molar-refractivity contribution in [1.29, 1.82) is 0 Å². The van der Waals surface area contributed by atoms with E-state index in [1.807, 2.05) is 25.1 Å². The Bertz CT molecular complexity index is 944. The first-order chi connectivity index (χ1) is 11.5. The van der Waals surface area contributed by atoms with Crippen molar-refractivity contribution >= 4 is 49.3 Å². The number of aromatic nitrogens is 1. The van der Waals surface area contributed by atoms with Gasteiger partial charge in [0.15, 0.2) is 10.9 Å². The molecule has 0 radical (unpaired) electrons. The van der Waals surface area contributed by atoms with Gasteiger partial charge in [0.25, 0.3) is 5.91 Å². The number of carbonyl (C=O) groups excluding carboxylic acids is 1. The molecule has 0 saturated heterocycles. The van der Waals surface area contributed by atoms with Crippen molar-refractivity contribution in [2.75, 3.05) is 5.32 Å². The van der Waals surface area contributed by atoms with Gasteiger partial charge in [-0.3, -0.25) is 10.1 Å². The van der Waals surface area contributed by atoms with Gasteiger partial charge in [0.05, 0.1) is 5.69 Å². The van der Waals surface area contributed by atoms with Crippen molar-refractivity contribution < 1.29 is 9.21 Å². The summed E-state index contributed by atoms with van der Waals surface area (Å²) in [7, 11) is 0. The number of hydrogen-bond donors (Lipinski definition) is 1. The number of carbonyl (C=O) groups is 1. The first-order valence-electron chi connectivity index (χ1n) is 8.00. The van der Waals surface area contributed by atoms with Crippen molar-refractivity contribution in [2.24, 2.45) is 5.92 Å². The van der Waals surface area contributed by atoms with Crippen LogP contribution in [0.15, 0.2) is 27.1 Å². The van der Waals surface area contributed by atoms with Crippen LogP contribution in [0.1, 0.15) is 40.0 Å². The zero-order valence-corrected chi connectivity index (χ0v) is 15.9. The summed E-state index contributed by atoms with van der Waals surface area (Å²) in [5, 5.41) is 4.52. The maximum absolute atomic E-state index is 12.6. The molecule has 1 atom stereocenters. The topological polar surface area (TPSA) is 55.1 Å². The average molecular weight is 405 g/mol. The molecule has 0 saturated carbocycles. The summed E-state index contributed by atoms with van der Waals surface area (Å²) in [6.07, 6.45) is 3.23. The highest BCUT2D eigenvalue weighted by atomic mass is 79.9. The molecule has 6 heteroatoms. The van der Waals surface area contributed by atoms with Gasteiger partial charge in [-0.15, -0.1) is 11.3 Å². The summed E-state index contributed by atoms with van der Waals surface area (Å²) in [4.78, 5) is 18.5. The molecule has 2 aromatic heterocycles. The maximum Gasteiger partial charge on any atom is 0.293 e. The van der Waals surface area contributed by atoms with Gasteiger partial charge in [-0.05, 0) is 50.3 Å². The Balaban J connectivity index is 1.62. The molecule has 0 spiro atoms. The van der Waals surface area contributed by atoms with Gasteiger partial charge in [0, 0.05) is 20.3 Å². The van der Waals surface area contributed by atoms with E-state index in [0.29, 0.717) is 22.4 Å². The molecule has 0 bridgehead atoms. The molecule has 1 aliphatic carbocycles. The van der Waals surface area contributed by atoms with Crippen LogP contribution in [0.2, 0.25) is 0 Å². The smallest absolute Gasteiger partial charge is 0.293 e. The van der Waals surface area contributed by atoms with E-state index in [0.717, 1.165) is 34.0 Å². The minimum Gasteiger partial charge on any atom is -0.451 e. The van der Waals surface area contributed by atoms with Crippen LogP contribution >= 0.6 is 27.3 Å². The number of nitrogens with one attached hydrogen (secondary N) is 1. The van der Waals surface area contributed by atoms with E-state index in [9.17, 15) is 4.79 Å². The predicted molar refractivity (Wildman–Crippen MR) is 99.9 cm³/mol. The lowest BCUT2D eigenvalue weighted by atomic mass is 9.93. The molecule has 4 rings (SSSR count). The molecule has 1 N–H and O–H groups in total. The highest BCUT2D eigenvalue weighted by Gasteiger charge is 2.23. The lowest BCUT2D eigenvalue weighted by Crippen LogP contribution is -2.12. The van der Waals surface area contributed by atoms with Crippen LogP contribution in [0.3, 0.4) is 0 Å². The molecule has 124 valence electrons. The van der Waals surface area contributed by atoms with E-state index < -0.39 is 0 Å². The van der Waals surface area contributed by atoms with Gasteiger partial charge < -0.3 is 4.42 Å². The zero-order valence-electron chi connectivity index (χ0n) is 13.5. The molecule has 24 heavy (non-hydrogen) atoms. The molecule has 2 heterocycles. The number of aryl methyl sites for hydroxylation is 2. The van der Waals surface area contributed by atoms with Crippen LogP contribution < -0.4 is 5.32 Å². The molecule has 1 aliphatic rings. The van der Waals surface area contributed by atoms with Gasteiger partial charge in [0.2, 0.25) is 0 Å². The number of rotatable bonds is 2. The number of thiazole rings is 1. The predicted octanol–water partition coefficient (Wildman–Crippen LogP) is 5.34. The monoisotopic (exact) mass is 404 g/mol. The molecule has 4 nitrogen and oxygen atoms in total. The van der Waals surface area contributed by atoms with Crippen LogP contribution in [0, 0.1) is 12.8 Å². The molecule has 3 aromatic rings. The summed E-state index contributed by atoms with van der Waals surface area (Å²) in [6.45, 7) is 4.17. The van der Waals surface area contributed by atoms with Gasteiger partial charge in [0.1, 0.15) is 5.58 Å². The highest BCUT2D eigenvalue weighted by molar-refractivity contribution is 9.10. The minimum atomic E-state index is -0.237. The molecule has 0 unspecified atom stereocenters. The van der Waals surface area contributed by atoms with Crippen LogP contribution in [0.5, 0.6) is 0 Å². The standard InChI is InChI=1S/C18H17BrN2O2S/c1-9-3-5-13-15(7-9)24-18(20-13)21-17(22)16-10(2)12-8-11(19)4-6-14(12)23-16/h4,6,8-9H,3,5,7H2,1-2H3,(H,20,21,22)/t9-/m0/s1. The van der Waals surface area contributed by atoms with Gasteiger partial charge in [-0.2, -0.15) is 0 Å². The lowest BCUT2D eigenvalue weighted by molar-refractivity contribution is 0.0998. The minimum absolute atomic E-state index is 0.237. The quantitative estimate of drug-likeness (QED) is 0.627. The van der Waals surface area contributed by atoms with Crippen molar-refractivity contribution in [3.63, 3.8) is 0 Å². The number of hydrogen-bond acceptors (Lipinski definition) is 4. The molecular weight excluding hydrogens is 388 g/mol. The third-order valence-corrected chi connectivity index (χ3v) is 6.04. The summed E-state index contributed by atoms with van der Waals surface area (Å²) in [5.41, 5.74) is 2.70. The third kappa shape index (κ3) is 2.78. The van der Waals surface area contributed by atoms with Crippen LogP contribution in [-0.4, -0.2) is 10.9 Å². The van der Waals surface area contributed by atoms with Crippen molar-refractivity contribution in [3.8, 4) is 0 Å². The van der Waals surface area contributed by atoms with E-state index in [-0.39, 0.29) is 5.91 Å². The van der Waals surface area contributed by atoms with Crippen LogP contribution in [0.25, 0.3) is 11.0 Å². The molecule has 1 amide bonds. The van der Waals surface area contributed by atoms with Crippen molar-refractivity contribution in [1.82, 2.24) is 4.98 Å². The number of anilines is 1. The van der Waals surface area contributed by atoms with E-state index in [1.54, 1.807) is 11.3 Å². The number of amides is 1. The van der Waals surface area contributed by atoms with Gasteiger partial charge in [-0.25, -0.2) is 4.98 Å². The second kappa shape index (κ2) is 6.01. The van der Waals surface area contributed by atoms with Crippen LogP contribution in [-0.2, 0) is 12.8 Å². The summed E-state index contributed by atoms with van der Waals surface area (Å²) < 4.78 is 6.72. The fraction of sp³-hybridized carbons (Fsp3) is 0.333. The average Bonchev–Trinajstić information content (AvgIpc) is 3.08. The Morgan fingerprint density at radius 1 is 1.46 bits per heavy atom.